The van der Waals surface area contributed by atoms with Crippen LogP contribution in [0, 0.1) is 0 Å². The van der Waals surface area contributed by atoms with Crippen molar-refractivity contribution in [2.24, 2.45) is 4.99 Å². The number of aliphatic hydroxyl groups is 1. The third kappa shape index (κ3) is 8.60. The van der Waals surface area contributed by atoms with E-state index in [0.29, 0.717) is 0 Å². The molecule has 2 atom stereocenters. The highest BCUT2D eigenvalue weighted by Crippen LogP contribution is 2.07. The van der Waals surface area contributed by atoms with E-state index in [2.05, 4.69) is 22.4 Å². The third-order valence-electron chi connectivity index (χ3n) is 4.62. The summed E-state index contributed by atoms with van der Waals surface area (Å²) in [5, 5.41) is 40.5. The smallest absolute Gasteiger partial charge is 0.407 e. The predicted octanol–water partition coefficient (Wildman–Crippen LogP) is 0.0942. The molecule has 0 aromatic heterocycles. The minimum absolute atomic E-state index is 0.0370. The van der Waals surface area contributed by atoms with Crippen molar-refractivity contribution < 1.29 is 34.8 Å². The first kappa shape index (κ1) is 24.6. The zero-order valence-electron chi connectivity index (χ0n) is 16.2. The van der Waals surface area contributed by atoms with Gasteiger partial charge in [0.1, 0.15) is 0 Å². The van der Waals surface area contributed by atoms with E-state index in [9.17, 15) is 34.8 Å². The summed E-state index contributed by atoms with van der Waals surface area (Å²) in [6.45, 7) is 2.19. The molecule has 0 spiro atoms. The first-order valence-corrected chi connectivity index (χ1v) is 9.45. The van der Waals surface area contributed by atoms with Gasteiger partial charge in [0, 0.05) is 58.4 Å². The normalized spacial score (nSPS) is 20.8. The van der Waals surface area contributed by atoms with E-state index in [-0.39, 0.29) is 58.9 Å². The molecule has 4 N–H and O–H groups in total. The fourth-order valence-electron chi connectivity index (χ4n) is 3.04. The molecule has 3 amide bonds. The maximum absolute atomic E-state index is 11.6. The molecule has 1 saturated heterocycles. The third-order valence-corrected chi connectivity index (χ3v) is 4.75. The number of aliphatic hydroxyl groups excluding tert-OH is 1. The van der Waals surface area contributed by atoms with E-state index in [4.69, 9.17) is 0 Å². The largest absolute Gasteiger partial charge is 0.465 e. The molecule has 1 heterocycles. The molecule has 1 aliphatic rings. The van der Waals surface area contributed by atoms with Crippen LogP contribution in [0.5, 0.6) is 0 Å². The second-order valence-electron chi connectivity index (χ2n) is 6.71. The Hall–Kier alpha value is -2.47. The number of β-amino-alcohol motifs (C(OH)–C–C–N with tert-alkyl or cyclic N) is 1. The first-order chi connectivity index (χ1) is 13.6. The predicted molar refractivity (Wildman–Crippen MR) is 106 cm³/mol. The van der Waals surface area contributed by atoms with Crippen LogP contribution in [-0.4, -0.2) is 135 Å². The maximum Gasteiger partial charge on any atom is 0.407 e. The molecule has 0 aromatic carbocycles. The van der Waals surface area contributed by atoms with E-state index >= 15 is 0 Å². The van der Waals surface area contributed by atoms with E-state index < -0.39 is 30.4 Å². The number of nitrogens with zero attached hydrogens (tertiary/aromatic N) is 5. The SMILES string of the molecule is CC1CN(C(=O)O)CCN(C(=O)O)CCN(CC(O)CN=C=S)CCN1C(=O)O. The molecule has 12 nitrogen and oxygen atoms in total. The lowest BCUT2D eigenvalue weighted by atomic mass is 10.2. The van der Waals surface area contributed by atoms with Gasteiger partial charge in [-0.1, -0.05) is 0 Å². The van der Waals surface area contributed by atoms with Crippen LogP contribution < -0.4 is 0 Å². The van der Waals surface area contributed by atoms with Crippen LogP contribution in [0.2, 0.25) is 0 Å². The minimum Gasteiger partial charge on any atom is -0.465 e. The van der Waals surface area contributed by atoms with E-state index in [1.165, 1.54) is 0 Å². The summed E-state index contributed by atoms with van der Waals surface area (Å²) in [6, 6.07) is -0.632. The van der Waals surface area contributed by atoms with E-state index in [0.717, 1.165) is 14.7 Å². The van der Waals surface area contributed by atoms with Gasteiger partial charge >= 0.3 is 18.3 Å². The summed E-state index contributed by atoms with van der Waals surface area (Å²) in [5.74, 6) is 0. The van der Waals surface area contributed by atoms with Crippen molar-refractivity contribution in [3.05, 3.63) is 0 Å². The van der Waals surface area contributed by atoms with Crippen LogP contribution in [0.3, 0.4) is 0 Å². The lowest BCUT2D eigenvalue weighted by Gasteiger charge is -2.35. The highest BCUT2D eigenvalue weighted by Gasteiger charge is 2.27. The van der Waals surface area contributed by atoms with Gasteiger partial charge in [-0.2, -0.15) is 0 Å². The van der Waals surface area contributed by atoms with Crippen molar-refractivity contribution in [3.8, 4) is 0 Å². The van der Waals surface area contributed by atoms with Gasteiger partial charge < -0.3 is 35.1 Å². The number of thiocarbonyl (C=S) groups is 1. The molecule has 1 fully saturated rings. The van der Waals surface area contributed by atoms with Gasteiger partial charge in [0.25, 0.3) is 0 Å². The van der Waals surface area contributed by atoms with Crippen LogP contribution in [0.1, 0.15) is 6.92 Å². The number of aliphatic imine (C=N–C) groups is 1. The monoisotopic (exact) mass is 433 g/mol. The molecule has 0 radical (unpaired) electrons. The fraction of sp³-hybridized carbons (Fsp3) is 0.750. The van der Waals surface area contributed by atoms with E-state index in [1.54, 1.807) is 11.8 Å². The average Bonchev–Trinajstić information content (AvgIpc) is 2.63. The molecule has 0 aliphatic carbocycles. The second kappa shape index (κ2) is 12.2. The Morgan fingerprint density at radius 1 is 1.00 bits per heavy atom. The molecule has 0 aromatic rings. The molecule has 0 saturated carbocycles. The summed E-state index contributed by atoms with van der Waals surface area (Å²) in [7, 11) is 0. The zero-order chi connectivity index (χ0) is 22.0. The first-order valence-electron chi connectivity index (χ1n) is 9.05. The van der Waals surface area contributed by atoms with Crippen LogP contribution in [0.15, 0.2) is 4.99 Å². The lowest BCUT2D eigenvalue weighted by Crippen LogP contribution is -2.52. The van der Waals surface area contributed by atoms with Gasteiger partial charge in [0.05, 0.1) is 17.8 Å². The summed E-state index contributed by atoms with van der Waals surface area (Å²) >= 11 is 4.47. The topological polar surface area (TPSA) is 157 Å². The summed E-state index contributed by atoms with van der Waals surface area (Å²) in [4.78, 5) is 43.3. The van der Waals surface area contributed by atoms with E-state index in [1.807, 2.05) is 0 Å². The zero-order valence-corrected chi connectivity index (χ0v) is 17.0. The van der Waals surface area contributed by atoms with Crippen molar-refractivity contribution in [2.45, 2.75) is 19.1 Å². The summed E-state index contributed by atoms with van der Waals surface area (Å²) in [6.07, 6.45) is -4.47. The Labute approximate surface area is 173 Å². The van der Waals surface area contributed by atoms with Crippen molar-refractivity contribution >= 4 is 35.7 Å². The molecule has 164 valence electrons. The molecule has 0 bridgehead atoms. The number of rotatable bonds is 4. The highest BCUT2D eigenvalue weighted by molar-refractivity contribution is 7.78. The van der Waals surface area contributed by atoms with Crippen LogP contribution in [-0.2, 0) is 0 Å². The fourth-order valence-corrected chi connectivity index (χ4v) is 3.11. The molecule has 2 unspecified atom stereocenters. The average molecular weight is 433 g/mol. The number of amides is 3. The Kier molecular flexibility index (Phi) is 10.3. The van der Waals surface area contributed by atoms with Crippen LogP contribution in [0.25, 0.3) is 0 Å². The summed E-state index contributed by atoms with van der Waals surface area (Å²) < 4.78 is 0. The Morgan fingerprint density at radius 3 is 2.10 bits per heavy atom. The van der Waals surface area contributed by atoms with Crippen molar-refractivity contribution in [3.63, 3.8) is 0 Å². The van der Waals surface area contributed by atoms with Crippen LogP contribution >= 0.6 is 12.2 Å². The molecule has 1 rings (SSSR count). The van der Waals surface area contributed by atoms with Gasteiger partial charge in [-0.15, -0.1) is 0 Å². The maximum atomic E-state index is 11.6. The van der Waals surface area contributed by atoms with Gasteiger partial charge in [0.15, 0.2) is 0 Å². The number of carboxylic acid groups (broad SMARTS) is 3. The molecular weight excluding hydrogens is 406 g/mol. The van der Waals surface area contributed by atoms with Crippen molar-refractivity contribution in [2.75, 3.05) is 58.9 Å². The highest BCUT2D eigenvalue weighted by atomic mass is 32.1. The number of hydrogen-bond donors (Lipinski definition) is 4. The molecule has 1 aliphatic heterocycles. The Balaban J connectivity index is 3.01. The lowest BCUT2D eigenvalue weighted by molar-refractivity contribution is 0.0701. The molecular formula is C16H27N5O7S. The number of hydrogen-bond acceptors (Lipinski definition) is 7. The Bertz CT molecular complexity index is 631. The second-order valence-corrected chi connectivity index (χ2v) is 6.89. The summed E-state index contributed by atoms with van der Waals surface area (Å²) in [5.41, 5.74) is 0. The number of carbonyl (C=O) groups is 3. The Morgan fingerprint density at radius 2 is 1.55 bits per heavy atom. The van der Waals surface area contributed by atoms with Gasteiger partial charge in [-0.3, -0.25) is 4.90 Å². The van der Waals surface area contributed by atoms with Gasteiger partial charge in [-0.25, -0.2) is 19.4 Å². The molecule has 13 heteroatoms. The van der Waals surface area contributed by atoms with Crippen molar-refractivity contribution in [1.82, 2.24) is 19.6 Å². The minimum atomic E-state index is -1.24. The standard InChI is InChI=1S/C16H27N5O7S/c1-12-9-20(15(25)26)6-5-19(14(23)24)4-2-18(3-7-21(12)16(27)28)10-13(22)8-17-11-29/h12-13,22H,2-10H2,1H3,(H,23,24)(H,25,26)(H,27,28). The quantitative estimate of drug-likeness (QED) is 0.356. The number of isothiocyanates is 1. The van der Waals surface area contributed by atoms with Gasteiger partial charge in [-0.05, 0) is 19.1 Å². The van der Waals surface area contributed by atoms with Crippen LogP contribution in [0.4, 0.5) is 14.4 Å². The van der Waals surface area contributed by atoms with Crippen molar-refractivity contribution in [1.29, 1.82) is 0 Å². The van der Waals surface area contributed by atoms with Gasteiger partial charge in [0.2, 0.25) is 0 Å². The molecule has 29 heavy (non-hydrogen) atoms.